The molecule has 0 aliphatic carbocycles. The van der Waals surface area contributed by atoms with Crippen LogP contribution in [0.25, 0.3) is 43.6 Å². The van der Waals surface area contributed by atoms with Crippen molar-refractivity contribution in [2.45, 2.75) is 0 Å². The van der Waals surface area contributed by atoms with Crippen molar-refractivity contribution in [3.8, 4) is 39.1 Å². The second-order valence-corrected chi connectivity index (χ2v) is 7.71. The lowest BCUT2D eigenvalue weighted by Gasteiger charge is -2.08. The minimum Gasteiger partial charge on any atom is -0.506 e. The molecule has 6 heteroatoms. The van der Waals surface area contributed by atoms with E-state index in [2.05, 4.69) is 9.97 Å². The van der Waals surface area contributed by atoms with Crippen LogP contribution < -0.4 is 5.56 Å². The number of aromatic nitrogens is 2. The maximum Gasteiger partial charge on any atom is 0.260 e. The monoisotopic (exact) mass is 414 g/mol. The molecule has 2 N–H and O–H groups in total. The van der Waals surface area contributed by atoms with E-state index in [9.17, 15) is 14.3 Å². The van der Waals surface area contributed by atoms with Crippen LogP contribution in [0, 0.1) is 5.82 Å². The van der Waals surface area contributed by atoms with E-state index in [0.717, 1.165) is 16.7 Å². The first-order valence-electron chi connectivity index (χ1n) is 9.25. The average molecular weight is 414 g/mol. The van der Waals surface area contributed by atoms with Crippen molar-refractivity contribution in [2.24, 2.45) is 0 Å². The smallest absolute Gasteiger partial charge is 0.260 e. The number of hydrogen-bond acceptors (Lipinski definition) is 4. The van der Waals surface area contributed by atoms with Crippen LogP contribution in [0.5, 0.6) is 5.75 Å². The maximum absolute atomic E-state index is 14.1. The number of halogens is 1. The van der Waals surface area contributed by atoms with Crippen LogP contribution >= 0.6 is 11.3 Å². The van der Waals surface area contributed by atoms with Gasteiger partial charge in [-0.25, -0.2) is 4.39 Å². The Kier molecular flexibility index (Phi) is 4.41. The summed E-state index contributed by atoms with van der Waals surface area (Å²) in [7, 11) is 0. The highest BCUT2D eigenvalue weighted by atomic mass is 32.1. The summed E-state index contributed by atoms with van der Waals surface area (Å²) in [4.78, 5) is 20.1. The molecule has 0 atom stereocenters. The van der Waals surface area contributed by atoms with Gasteiger partial charge in [0.2, 0.25) is 0 Å². The third-order valence-electron chi connectivity index (χ3n) is 5.05. The van der Waals surface area contributed by atoms with Gasteiger partial charge in [0.1, 0.15) is 16.4 Å². The lowest BCUT2D eigenvalue weighted by atomic mass is 9.98. The van der Waals surface area contributed by atoms with Crippen LogP contribution in [-0.4, -0.2) is 15.1 Å². The molecule has 0 aliphatic heterocycles. The Hall–Kier alpha value is -3.77. The molecule has 0 unspecified atom stereocenters. The van der Waals surface area contributed by atoms with Gasteiger partial charge in [0, 0.05) is 34.5 Å². The number of nitrogens with zero attached hydrogens (tertiary/aromatic N) is 1. The summed E-state index contributed by atoms with van der Waals surface area (Å²) in [6, 6.07) is 17.6. The van der Waals surface area contributed by atoms with E-state index in [0.29, 0.717) is 21.3 Å². The number of nitrogens with one attached hydrogen (secondary N) is 1. The number of aromatic amines is 1. The van der Waals surface area contributed by atoms with E-state index in [1.807, 2.05) is 29.6 Å². The fraction of sp³-hybridized carbons (Fsp3) is 0. The Morgan fingerprint density at radius 3 is 2.33 bits per heavy atom. The zero-order chi connectivity index (χ0) is 20.7. The third-order valence-corrected chi connectivity index (χ3v) is 5.95. The van der Waals surface area contributed by atoms with Gasteiger partial charge in [-0.15, -0.1) is 11.3 Å². The van der Waals surface area contributed by atoms with Crippen molar-refractivity contribution < 1.29 is 9.50 Å². The predicted molar refractivity (Wildman–Crippen MR) is 118 cm³/mol. The standard InChI is InChI=1S/C24H15FN2O2S/c25-19-6-2-1-5-17(19)14-7-9-15(10-8-14)18-13-30-24-21(18)22(28)20(23(29)27-24)16-4-3-11-26-12-16/h1-13H,(H2,27,28,29). The third kappa shape index (κ3) is 2.98. The molecule has 0 amide bonds. The number of H-pyrrole nitrogens is 1. The number of thiophene rings is 1. The summed E-state index contributed by atoms with van der Waals surface area (Å²) in [5.74, 6) is -0.348. The molecule has 5 rings (SSSR count). The fourth-order valence-electron chi connectivity index (χ4n) is 3.60. The van der Waals surface area contributed by atoms with E-state index in [1.54, 1.807) is 42.7 Å². The van der Waals surface area contributed by atoms with E-state index >= 15 is 0 Å². The van der Waals surface area contributed by atoms with Crippen molar-refractivity contribution in [3.05, 3.63) is 94.6 Å². The molecule has 146 valence electrons. The Bertz CT molecular complexity index is 1420. The predicted octanol–water partition coefficient (Wildman–Crippen LogP) is 5.83. The van der Waals surface area contributed by atoms with Crippen LogP contribution in [0.15, 0.2) is 83.2 Å². The van der Waals surface area contributed by atoms with E-state index in [4.69, 9.17) is 0 Å². The molecule has 0 bridgehead atoms. The van der Waals surface area contributed by atoms with Crippen molar-refractivity contribution in [1.82, 2.24) is 9.97 Å². The Labute approximate surface area is 174 Å². The molecule has 4 nitrogen and oxygen atoms in total. The molecule has 0 saturated heterocycles. The molecule has 0 fully saturated rings. The molecule has 3 aromatic heterocycles. The van der Waals surface area contributed by atoms with Gasteiger partial charge in [-0.3, -0.25) is 9.78 Å². The van der Waals surface area contributed by atoms with Crippen molar-refractivity contribution in [2.75, 3.05) is 0 Å². The van der Waals surface area contributed by atoms with Crippen LogP contribution in [0.2, 0.25) is 0 Å². The van der Waals surface area contributed by atoms with Gasteiger partial charge >= 0.3 is 0 Å². The summed E-state index contributed by atoms with van der Waals surface area (Å²) in [5.41, 5.74) is 3.34. The van der Waals surface area contributed by atoms with Gasteiger partial charge in [0.15, 0.2) is 0 Å². The molecular weight excluding hydrogens is 399 g/mol. The van der Waals surface area contributed by atoms with Crippen LogP contribution in [-0.2, 0) is 0 Å². The molecule has 0 saturated carbocycles. The average Bonchev–Trinajstić information content (AvgIpc) is 3.19. The van der Waals surface area contributed by atoms with Gasteiger partial charge in [-0.1, -0.05) is 48.5 Å². The second-order valence-electron chi connectivity index (χ2n) is 6.83. The first kappa shape index (κ1) is 18.3. The number of rotatable bonds is 3. The van der Waals surface area contributed by atoms with Crippen LogP contribution in [0.1, 0.15) is 0 Å². The molecule has 0 aliphatic rings. The first-order valence-corrected chi connectivity index (χ1v) is 10.1. The number of fused-ring (bicyclic) bond motifs is 1. The second kappa shape index (κ2) is 7.24. The number of aromatic hydroxyl groups is 1. The summed E-state index contributed by atoms with van der Waals surface area (Å²) >= 11 is 1.35. The summed E-state index contributed by atoms with van der Waals surface area (Å²) in [5, 5.41) is 13.5. The number of pyridine rings is 2. The quantitative estimate of drug-likeness (QED) is 0.390. The molecule has 0 radical (unpaired) electrons. The normalized spacial score (nSPS) is 11.1. The Balaban J connectivity index is 1.65. The van der Waals surface area contributed by atoms with Gasteiger partial charge in [-0.05, 0) is 23.3 Å². The Morgan fingerprint density at radius 1 is 0.900 bits per heavy atom. The summed E-state index contributed by atoms with van der Waals surface area (Å²) in [6.45, 7) is 0. The summed E-state index contributed by atoms with van der Waals surface area (Å²) in [6.07, 6.45) is 3.16. The van der Waals surface area contributed by atoms with Crippen molar-refractivity contribution in [1.29, 1.82) is 0 Å². The van der Waals surface area contributed by atoms with Gasteiger partial charge in [0.25, 0.3) is 5.56 Å². The van der Waals surface area contributed by atoms with Gasteiger partial charge < -0.3 is 10.1 Å². The van der Waals surface area contributed by atoms with Crippen LogP contribution in [0.3, 0.4) is 0 Å². The van der Waals surface area contributed by atoms with E-state index < -0.39 is 0 Å². The highest BCUT2D eigenvalue weighted by Gasteiger charge is 2.19. The zero-order valence-electron chi connectivity index (χ0n) is 15.6. The zero-order valence-corrected chi connectivity index (χ0v) is 16.4. The molecule has 5 aromatic rings. The largest absolute Gasteiger partial charge is 0.506 e. The van der Waals surface area contributed by atoms with Crippen molar-refractivity contribution in [3.63, 3.8) is 0 Å². The Morgan fingerprint density at radius 2 is 1.63 bits per heavy atom. The minimum atomic E-state index is -0.365. The minimum absolute atomic E-state index is 0.0730. The number of benzene rings is 2. The van der Waals surface area contributed by atoms with E-state index in [-0.39, 0.29) is 22.7 Å². The molecule has 0 spiro atoms. The highest BCUT2D eigenvalue weighted by molar-refractivity contribution is 7.17. The highest BCUT2D eigenvalue weighted by Crippen LogP contribution is 2.41. The maximum atomic E-state index is 14.1. The molecule has 3 heterocycles. The topological polar surface area (TPSA) is 66.0 Å². The fourth-order valence-corrected chi connectivity index (χ4v) is 4.56. The molecular formula is C24H15FN2O2S. The lowest BCUT2D eigenvalue weighted by molar-refractivity contribution is 0.483. The van der Waals surface area contributed by atoms with Gasteiger partial charge in [-0.2, -0.15) is 0 Å². The van der Waals surface area contributed by atoms with Crippen molar-refractivity contribution >= 4 is 21.6 Å². The lowest BCUT2D eigenvalue weighted by Crippen LogP contribution is -2.08. The van der Waals surface area contributed by atoms with Gasteiger partial charge in [0.05, 0.1) is 10.9 Å². The molecule has 30 heavy (non-hydrogen) atoms. The summed E-state index contributed by atoms with van der Waals surface area (Å²) < 4.78 is 14.1. The number of hydrogen-bond donors (Lipinski definition) is 2. The van der Waals surface area contributed by atoms with E-state index in [1.165, 1.54) is 17.4 Å². The van der Waals surface area contributed by atoms with Crippen LogP contribution in [0.4, 0.5) is 4.39 Å². The first-order chi connectivity index (χ1) is 14.6. The molecule has 2 aromatic carbocycles. The SMILES string of the molecule is O=c1[nH]c2scc(-c3ccc(-c4ccccc4F)cc3)c2c(O)c1-c1cccnc1.